The summed E-state index contributed by atoms with van der Waals surface area (Å²) in [4.78, 5) is 12.0. The molecule has 0 spiro atoms. The quantitative estimate of drug-likeness (QED) is 0.671. The monoisotopic (exact) mass is 355 g/mol. The molecule has 2 nitrogen and oxygen atoms in total. The summed E-state index contributed by atoms with van der Waals surface area (Å²) in [6.45, 7) is 0.466. The van der Waals surface area contributed by atoms with Crippen LogP contribution in [-0.4, -0.2) is 11.7 Å². The molecule has 3 aromatic rings. The fourth-order valence-corrected chi connectivity index (χ4v) is 3.62. The minimum atomic E-state index is 0.0279. The van der Waals surface area contributed by atoms with Gasteiger partial charge in [0.25, 0.3) is 0 Å². The molecule has 24 heavy (non-hydrogen) atoms. The van der Waals surface area contributed by atoms with E-state index < -0.39 is 0 Å². The van der Waals surface area contributed by atoms with Crippen LogP contribution in [0.5, 0.6) is 0 Å². The van der Waals surface area contributed by atoms with Gasteiger partial charge < -0.3 is 5.32 Å². The van der Waals surface area contributed by atoms with Gasteiger partial charge in [-0.15, -0.1) is 11.8 Å². The molecule has 0 aromatic heterocycles. The van der Waals surface area contributed by atoms with Gasteiger partial charge in [-0.1, -0.05) is 72.3 Å². The highest BCUT2D eigenvalue weighted by molar-refractivity contribution is 7.99. The molecule has 3 aromatic carbocycles. The Hall–Kier alpha value is -1.97. The molecule has 0 aliphatic carbocycles. The van der Waals surface area contributed by atoms with Crippen LogP contribution in [0.3, 0.4) is 0 Å². The largest absolute Gasteiger partial charge is 0.351 e. The maximum absolute atomic E-state index is 12.0. The summed E-state index contributed by atoms with van der Waals surface area (Å²) < 4.78 is 0. The van der Waals surface area contributed by atoms with Crippen molar-refractivity contribution in [3.8, 4) is 0 Å². The third kappa shape index (κ3) is 4.31. The fourth-order valence-electron chi connectivity index (χ4n) is 2.56. The van der Waals surface area contributed by atoms with Crippen LogP contribution in [-0.2, 0) is 17.1 Å². The second-order valence-electron chi connectivity index (χ2n) is 5.50. The first kappa shape index (κ1) is 16.9. The van der Waals surface area contributed by atoms with E-state index in [1.54, 1.807) is 11.8 Å². The maximum atomic E-state index is 12.0. The lowest BCUT2D eigenvalue weighted by molar-refractivity contribution is -0.118. The first-order valence-electron chi connectivity index (χ1n) is 7.78. The Kier molecular flexibility index (Phi) is 5.78. The average Bonchev–Trinajstić information content (AvgIpc) is 2.61. The Morgan fingerprint density at radius 3 is 2.50 bits per heavy atom. The molecule has 1 amide bonds. The summed E-state index contributed by atoms with van der Waals surface area (Å²) >= 11 is 7.71. The van der Waals surface area contributed by atoms with Crippen molar-refractivity contribution in [3.63, 3.8) is 0 Å². The molecule has 0 saturated heterocycles. The average molecular weight is 356 g/mol. The van der Waals surface area contributed by atoms with Crippen LogP contribution in [0.15, 0.2) is 66.7 Å². The summed E-state index contributed by atoms with van der Waals surface area (Å²) in [5.74, 6) is 1.29. The smallest absolute Gasteiger partial charge is 0.230 e. The topological polar surface area (TPSA) is 29.1 Å². The van der Waals surface area contributed by atoms with Crippen LogP contribution in [0.25, 0.3) is 10.8 Å². The Labute approximate surface area is 151 Å². The van der Waals surface area contributed by atoms with E-state index in [4.69, 9.17) is 11.6 Å². The minimum Gasteiger partial charge on any atom is -0.351 e. The van der Waals surface area contributed by atoms with E-state index in [1.165, 1.54) is 16.3 Å². The molecule has 0 saturated carbocycles. The van der Waals surface area contributed by atoms with Crippen molar-refractivity contribution in [1.82, 2.24) is 5.32 Å². The molecule has 4 heteroatoms. The van der Waals surface area contributed by atoms with Crippen LogP contribution in [0, 0.1) is 0 Å². The predicted molar refractivity (Wildman–Crippen MR) is 103 cm³/mol. The number of nitrogens with one attached hydrogen (secondary N) is 1. The van der Waals surface area contributed by atoms with E-state index in [2.05, 4.69) is 35.6 Å². The van der Waals surface area contributed by atoms with Crippen molar-refractivity contribution < 1.29 is 4.79 Å². The van der Waals surface area contributed by atoms with Crippen molar-refractivity contribution >= 4 is 40.0 Å². The van der Waals surface area contributed by atoms with Crippen molar-refractivity contribution in [1.29, 1.82) is 0 Å². The lowest BCUT2D eigenvalue weighted by Crippen LogP contribution is -2.24. The fraction of sp³-hybridized carbons (Fsp3) is 0.150. The molecular weight excluding hydrogens is 338 g/mol. The standard InChI is InChI=1S/C20H18ClNOS/c21-19-11-4-2-7-16(19)12-22-20(23)14-24-13-17-9-5-8-15-6-1-3-10-18(15)17/h1-11H,12-14H2,(H,22,23). The zero-order valence-corrected chi connectivity index (χ0v) is 14.7. The number of halogens is 1. The summed E-state index contributed by atoms with van der Waals surface area (Å²) in [6, 6.07) is 22.2. The molecule has 122 valence electrons. The van der Waals surface area contributed by atoms with Gasteiger partial charge >= 0.3 is 0 Å². The number of fused-ring (bicyclic) bond motifs is 1. The molecule has 0 aliphatic heterocycles. The van der Waals surface area contributed by atoms with E-state index in [9.17, 15) is 4.79 Å². The molecule has 0 fully saturated rings. The van der Waals surface area contributed by atoms with Crippen LogP contribution in [0.2, 0.25) is 5.02 Å². The minimum absolute atomic E-state index is 0.0279. The van der Waals surface area contributed by atoms with Gasteiger partial charge in [0.15, 0.2) is 0 Å². The number of hydrogen-bond acceptors (Lipinski definition) is 2. The molecule has 0 bridgehead atoms. The molecule has 1 N–H and O–H groups in total. The second-order valence-corrected chi connectivity index (χ2v) is 6.89. The Morgan fingerprint density at radius 1 is 0.917 bits per heavy atom. The predicted octanol–water partition coefficient (Wildman–Crippen LogP) is 5.04. The maximum Gasteiger partial charge on any atom is 0.230 e. The van der Waals surface area contributed by atoms with E-state index in [0.29, 0.717) is 17.3 Å². The highest BCUT2D eigenvalue weighted by Gasteiger charge is 2.05. The van der Waals surface area contributed by atoms with Crippen LogP contribution >= 0.6 is 23.4 Å². The lowest BCUT2D eigenvalue weighted by Gasteiger charge is -2.08. The highest BCUT2D eigenvalue weighted by atomic mass is 35.5. The zero-order chi connectivity index (χ0) is 16.8. The van der Waals surface area contributed by atoms with Crippen molar-refractivity contribution in [2.45, 2.75) is 12.3 Å². The Bertz CT molecular complexity index is 844. The summed E-state index contributed by atoms with van der Waals surface area (Å²) in [5.41, 5.74) is 2.20. The third-order valence-electron chi connectivity index (χ3n) is 3.80. The van der Waals surface area contributed by atoms with Crippen LogP contribution in [0.1, 0.15) is 11.1 Å². The number of thioether (sulfide) groups is 1. The molecule has 0 unspecified atom stereocenters. The van der Waals surface area contributed by atoms with Crippen molar-refractivity contribution in [2.75, 3.05) is 5.75 Å². The van der Waals surface area contributed by atoms with Crippen LogP contribution < -0.4 is 5.32 Å². The van der Waals surface area contributed by atoms with Gasteiger partial charge in [0.05, 0.1) is 5.75 Å². The van der Waals surface area contributed by atoms with Crippen LogP contribution in [0.4, 0.5) is 0 Å². The third-order valence-corrected chi connectivity index (χ3v) is 5.15. The molecule has 0 atom stereocenters. The lowest BCUT2D eigenvalue weighted by atomic mass is 10.1. The number of rotatable bonds is 6. The van der Waals surface area contributed by atoms with Gasteiger partial charge in [0.2, 0.25) is 5.91 Å². The van der Waals surface area contributed by atoms with E-state index in [0.717, 1.165) is 11.3 Å². The number of amides is 1. The van der Waals surface area contributed by atoms with E-state index in [1.807, 2.05) is 36.4 Å². The molecular formula is C20H18ClNOS. The Morgan fingerprint density at radius 2 is 1.62 bits per heavy atom. The van der Waals surface area contributed by atoms with E-state index in [-0.39, 0.29) is 5.91 Å². The van der Waals surface area contributed by atoms with Gasteiger partial charge in [-0.05, 0) is 28.0 Å². The van der Waals surface area contributed by atoms with Gasteiger partial charge in [0, 0.05) is 17.3 Å². The SMILES string of the molecule is O=C(CSCc1cccc2ccccc12)NCc1ccccc1Cl. The van der Waals surface area contributed by atoms with Gasteiger partial charge in [0.1, 0.15) is 0 Å². The number of carbonyl (C=O) groups is 1. The van der Waals surface area contributed by atoms with E-state index >= 15 is 0 Å². The number of hydrogen-bond donors (Lipinski definition) is 1. The van der Waals surface area contributed by atoms with Gasteiger partial charge in [-0.2, -0.15) is 0 Å². The van der Waals surface area contributed by atoms with Crippen molar-refractivity contribution in [3.05, 3.63) is 82.9 Å². The number of benzene rings is 3. The number of carbonyl (C=O) groups excluding carboxylic acids is 1. The Balaban J connectivity index is 1.51. The zero-order valence-electron chi connectivity index (χ0n) is 13.2. The molecule has 0 radical (unpaired) electrons. The van der Waals surface area contributed by atoms with Crippen molar-refractivity contribution in [2.24, 2.45) is 0 Å². The summed E-state index contributed by atoms with van der Waals surface area (Å²) in [5, 5.41) is 6.09. The van der Waals surface area contributed by atoms with Gasteiger partial charge in [-0.3, -0.25) is 4.79 Å². The second kappa shape index (κ2) is 8.22. The molecule has 3 rings (SSSR count). The summed E-state index contributed by atoms with van der Waals surface area (Å²) in [6.07, 6.45) is 0. The first-order chi connectivity index (χ1) is 11.7. The highest BCUT2D eigenvalue weighted by Crippen LogP contribution is 2.22. The molecule has 0 aliphatic rings. The first-order valence-corrected chi connectivity index (χ1v) is 9.32. The van der Waals surface area contributed by atoms with Gasteiger partial charge in [-0.25, -0.2) is 0 Å². The summed E-state index contributed by atoms with van der Waals surface area (Å²) in [7, 11) is 0. The molecule has 0 heterocycles. The normalized spacial score (nSPS) is 10.7.